The Bertz CT molecular complexity index is 778. The Hall–Kier alpha value is -2.47. The van der Waals surface area contributed by atoms with Crippen molar-refractivity contribution in [3.05, 3.63) is 48.5 Å². The summed E-state index contributed by atoms with van der Waals surface area (Å²) in [5.74, 6) is 0.720. The van der Waals surface area contributed by atoms with Gasteiger partial charge in [-0.15, -0.1) is 11.8 Å². The van der Waals surface area contributed by atoms with Gasteiger partial charge in [0.25, 0.3) is 0 Å². The fourth-order valence-corrected chi connectivity index (χ4v) is 3.44. The van der Waals surface area contributed by atoms with Crippen molar-refractivity contribution in [2.24, 2.45) is 0 Å². The molecule has 2 amide bonds. The standard InChI is InChI=1S/C22H28N2O3S/c1-4-6-10-21(25)23-18-8-7-9-20(15-18)28-16(3)22(26)24-17-11-13-19(14-12-17)27-5-2/h7-9,11-16H,4-6,10H2,1-3H3,(H,23,25)(H,24,26). The lowest BCUT2D eigenvalue weighted by Crippen LogP contribution is -2.22. The summed E-state index contributed by atoms with van der Waals surface area (Å²) in [6, 6.07) is 14.9. The molecular weight excluding hydrogens is 372 g/mol. The van der Waals surface area contributed by atoms with Gasteiger partial charge in [0, 0.05) is 22.7 Å². The monoisotopic (exact) mass is 400 g/mol. The van der Waals surface area contributed by atoms with Gasteiger partial charge >= 0.3 is 0 Å². The average molecular weight is 401 g/mol. The molecule has 0 spiro atoms. The second kappa shape index (κ2) is 11.4. The number of rotatable bonds is 10. The van der Waals surface area contributed by atoms with Crippen molar-refractivity contribution in [2.45, 2.75) is 50.2 Å². The first kappa shape index (κ1) is 21.8. The van der Waals surface area contributed by atoms with Gasteiger partial charge < -0.3 is 15.4 Å². The third-order valence-corrected chi connectivity index (χ3v) is 5.08. The Kier molecular flexibility index (Phi) is 8.88. The Morgan fingerprint density at radius 3 is 2.46 bits per heavy atom. The van der Waals surface area contributed by atoms with Gasteiger partial charge in [-0.1, -0.05) is 19.4 Å². The topological polar surface area (TPSA) is 67.4 Å². The molecule has 0 heterocycles. The van der Waals surface area contributed by atoms with E-state index in [1.54, 1.807) is 0 Å². The van der Waals surface area contributed by atoms with Gasteiger partial charge in [-0.2, -0.15) is 0 Å². The number of nitrogens with one attached hydrogen (secondary N) is 2. The molecule has 2 N–H and O–H groups in total. The molecule has 1 atom stereocenters. The van der Waals surface area contributed by atoms with E-state index in [1.807, 2.05) is 62.4 Å². The summed E-state index contributed by atoms with van der Waals surface area (Å²) in [5, 5.41) is 5.55. The molecule has 0 aliphatic rings. The van der Waals surface area contributed by atoms with Crippen molar-refractivity contribution in [3.63, 3.8) is 0 Å². The van der Waals surface area contributed by atoms with Crippen LogP contribution in [0.3, 0.4) is 0 Å². The molecule has 0 saturated carbocycles. The highest BCUT2D eigenvalue weighted by Crippen LogP contribution is 2.27. The fourth-order valence-electron chi connectivity index (χ4n) is 2.51. The minimum atomic E-state index is -0.280. The highest BCUT2D eigenvalue weighted by Gasteiger charge is 2.15. The zero-order valence-electron chi connectivity index (χ0n) is 16.7. The lowest BCUT2D eigenvalue weighted by atomic mass is 10.2. The van der Waals surface area contributed by atoms with Crippen LogP contribution in [-0.4, -0.2) is 23.7 Å². The summed E-state index contributed by atoms with van der Waals surface area (Å²) >= 11 is 1.45. The predicted octanol–water partition coefficient (Wildman–Crippen LogP) is 5.33. The molecular formula is C22H28N2O3S. The van der Waals surface area contributed by atoms with Gasteiger partial charge in [-0.05, 0) is 62.7 Å². The van der Waals surface area contributed by atoms with Crippen LogP contribution in [0.4, 0.5) is 11.4 Å². The van der Waals surface area contributed by atoms with Gasteiger partial charge in [0.15, 0.2) is 0 Å². The van der Waals surface area contributed by atoms with Crippen molar-refractivity contribution in [1.82, 2.24) is 0 Å². The van der Waals surface area contributed by atoms with Crippen LogP contribution in [0, 0.1) is 0 Å². The Morgan fingerprint density at radius 1 is 1.04 bits per heavy atom. The number of hydrogen-bond donors (Lipinski definition) is 2. The first-order chi connectivity index (χ1) is 13.5. The van der Waals surface area contributed by atoms with Crippen molar-refractivity contribution in [3.8, 4) is 5.75 Å². The van der Waals surface area contributed by atoms with E-state index >= 15 is 0 Å². The SMILES string of the molecule is CCCCC(=O)Nc1cccc(SC(C)C(=O)Nc2ccc(OCC)cc2)c1. The lowest BCUT2D eigenvalue weighted by molar-refractivity contribution is -0.116. The van der Waals surface area contributed by atoms with Crippen molar-refractivity contribution < 1.29 is 14.3 Å². The molecule has 0 aliphatic heterocycles. The quantitative estimate of drug-likeness (QED) is 0.529. The number of thioether (sulfide) groups is 1. The summed E-state index contributed by atoms with van der Waals surface area (Å²) < 4.78 is 5.41. The molecule has 2 aromatic carbocycles. The minimum Gasteiger partial charge on any atom is -0.494 e. The largest absolute Gasteiger partial charge is 0.494 e. The van der Waals surface area contributed by atoms with Crippen LogP contribution in [0.1, 0.15) is 40.0 Å². The van der Waals surface area contributed by atoms with E-state index in [1.165, 1.54) is 11.8 Å². The maximum absolute atomic E-state index is 12.5. The van der Waals surface area contributed by atoms with Crippen molar-refractivity contribution >= 4 is 35.0 Å². The van der Waals surface area contributed by atoms with Crippen LogP contribution in [0.25, 0.3) is 0 Å². The molecule has 2 rings (SSSR count). The van der Waals surface area contributed by atoms with E-state index in [2.05, 4.69) is 17.6 Å². The van der Waals surface area contributed by atoms with E-state index in [4.69, 9.17) is 4.74 Å². The van der Waals surface area contributed by atoms with Crippen LogP contribution < -0.4 is 15.4 Å². The number of benzene rings is 2. The summed E-state index contributed by atoms with van der Waals surface area (Å²) in [6.45, 7) is 6.46. The average Bonchev–Trinajstić information content (AvgIpc) is 2.68. The van der Waals surface area contributed by atoms with Crippen molar-refractivity contribution in [2.75, 3.05) is 17.2 Å². The molecule has 1 unspecified atom stereocenters. The van der Waals surface area contributed by atoms with E-state index in [0.29, 0.717) is 13.0 Å². The zero-order valence-corrected chi connectivity index (χ0v) is 17.5. The summed E-state index contributed by atoms with van der Waals surface area (Å²) in [6.07, 6.45) is 2.39. The smallest absolute Gasteiger partial charge is 0.237 e. The fraction of sp³-hybridized carbons (Fsp3) is 0.364. The van der Waals surface area contributed by atoms with E-state index in [0.717, 1.165) is 34.9 Å². The Morgan fingerprint density at radius 2 is 1.79 bits per heavy atom. The second-order valence-electron chi connectivity index (χ2n) is 6.39. The molecule has 0 aromatic heterocycles. The number of carbonyl (C=O) groups is 2. The molecule has 0 saturated heterocycles. The number of amides is 2. The molecule has 150 valence electrons. The van der Waals surface area contributed by atoms with Gasteiger partial charge in [-0.25, -0.2) is 0 Å². The normalized spacial score (nSPS) is 11.5. The Labute approximate surface area is 171 Å². The van der Waals surface area contributed by atoms with E-state index in [-0.39, 0.29) is 17.1 Å². The van der Waals surface area contributed by atoms with Gasteiger partial charge in [0.1, 0.15) is 5.75 Å². The van der Waals surface area contributed by atoms with Gasteiger partial charge in [0.05, 0.1) is 11.9 Å². The number of ether oxygens (including phenoxy) is 1. The van der Waals surface area contributed by atoms with Crippen LogP contribution in [0.5, 0.6) is 5.75 Å². The summed E-state index contributed by atoms with van der Waals surface area (Å²) in [5.41, 5.74) is 1.49. The highest BCUT2D eigenvalue weighted by atomic mass is 32.2. The number of hydrogen-bond acceptors (Lipinski definition) is 4. The molecule has 5 nitrogen and oxygen atoms in total. The molecule has 0 bridgehead atoms. The van der Waals surface area contributed by atoms with E-state index in [9.17, 15) is 9.59 Å². The van der Waals surface area contributed by atoms with Crippen molar-refractivity contribution in [1.29, 1.82) is 0 Å². The number of anilines is 2. The molecule has 28 heavy (non-hydrogen) atoms. The molecule has 2 aromatic rings. The predicted molar refractivity (Wildman–Crippen MR) is 116 cm³/mol. The van der Waals surface area contributed by atoms with Crippen LogP contribution in [0.15, 0.2) is 53.4 Å². The minimum absolute atomic E-state index is 0.0188. The first-order valence-electron chi connectivity index (χ1n) is 9.62. The maximum Gasteiger partial charge on any atom is 0.237 e. The van der Waals surface area contributed by atoms with Crippen LogP contribution >= 0.6 is 11.8 Å². The third-order valence-electron chi connectivity index (χ3n) is 3.99. The lowest BCUT2D eigenvalue weighted by Gasteiger charge is -2.13. The van der Waals surface area contributed by atoms with Gasteiger partial charge in [-0.3, -0.25) is 9.59 Å². The zero-order chi connectivity index (χ0) is 20.4. The van der Waals surface area contributed by atoms with Gasteiger partial charge in [0.2, 0.25) is 11.8 Å². The summed E-state index contributed by atoms with van der Waals surface area (Å²) in [4.78, 5) is 25.3. The molecule has 0 aliphatic carbocycles. The highest BCUT2D eigenvalue weighted by molar-refractivity contribution is 8.00. The maximum atomic E-state index is 12.5. The third kappa shape index (κ3) is 7.27. The summed E-state index contributed by atoms with van der Waals surface area (Å²) in [7, 11) is 0. The Balaban J connectivity index is 1.90. The first-order valence-corrected chi connectivity index (χ1v) is 10.5. The number of carbonyl (C=O) groups excluding carboxylic acids is 2. The number of unbranched alkanes of at least 4 members (excludes halogenated alkanes) is 1. The molecule has 6 heteroatoms. The second-order valence-corrected chi connectivity index (χ2v) is 7.80. The van der Waals surface area contributed by atoms with Crippen LogP contribution in [-0.2, 0) is 9.59 Å². The van der Waals surface area contributed by atoms with Crippen LogP contribution in [0.2, 0.25) is 0 Å². The molecule has 0 radical (unpaired) electrons. The molecule has 0 fully saturated rings. The van der Waals surface area contributed by atoms with E-state index < -0.39 is 0 Å².